The Morgan fingerprint density at radius 3 is 2.47 bits per heavy atom. The summed E-state index contributed by atoms with van der Waals surface area (Å²) in [4.78, 5) is 4.54. The average Bonchev–Trinajstić information content (AvgIpc) is 2.86. The number of fused-ring (bicyclic) bond motifs is 1. The highest BCUT2D eigenvalue weighted by atomic mass is 32.2. The van der Waals surface area contributed by atoms with Gasteiger partial charge in [0, 0.05) is 45.0 Å². The van der Waals surface area contributed by atoms with E-state index in [1.165, 1.54) is 16.4 Å². The van der Waals surface area contributed by atoms with Crippen LogP contribution in [0.2, 0.25) is 0 Å². The molecule has 2 aliphatic heterocycles. The van der Waals surface area contributed by atoms with Crippen LogP contribution in [0.4, 0.5) is 18.9 Å². The standard InChI is InChI=1S/C21H24F3N3O2S/c22-21(23,24)18-6-3-7-19(15-18)26-10-4-9-25(11-13-26)12-14-27-16-17-5-1-2-8-20(17)30(27,28)29/h1-3,5-8,15H,4,9-14,16H2. The Morgan fingerprint density at radius 1 is 0.900 bits per heavy atom. The Morgan fingerprint density at radius 2 is 1.70 bits per heavy atom. The molecule has 0 atom stereocenters. The Kier molecular flexibility index (Phi) is 5.78. The predicted octanol–water partition coefficient (Wildman–Crippen LogP) is 3.42. The van der Waals surface area contributed by atoms with Gasteiger partial charge in [0.2, 0.25) is 10.0 Å². The summed E-state index contributed by atoms with van der Waals surface area (Å²) in [6, 6.07) is 12.5. The minimum atomic E-state index is -4.35. The minimum absolute atomic E-state index is 0.386. The second kappa shape index (κ2) is 8.20. The van der Waals surface area contributed by atoms with E-state index in [0.29, 0.717) is 49.9 Å². The van der Waals surface area contributed by atoms with E-state index in [-0.39, 0.29) is 0 Å². The molecular weight excluding hydrogens is 415 g/mol. The maximum atomic E-state index is 13.0. The Bertz CT molecular complexity index is 1010. The lowest BCUT2D eigenvalue weighted by atomic mass is 10.1. The third-order valence-corrected chi connectivity index (χ3v) is 7.68. The molecule has 0 radical (unpaired) electrons. The molecule has 2 aromatic rings. The number of rotatable bonds is 4. The van der Waals surface area contributed by atoms with Gasteiger partial charge in [-0.1, -0.05) is 24.3 Å². The van der Waals surface area contributed by atoms with Crippen molar-refractivity contribution in [2.24, 2.45) is 0 Å². The first kappa shape index (κ1) is 21.1. The molecule has 1 fully saturated rings. The first-order chi connectivity index (χ1) is 14.2. The Balaban J connectivity index is 1.36. The van der Waals surface area contributed by atoms with Gasteiger partial charge in [0.05, 0.1) is 10.5 Å². The normalized spacial score (nSPS) is 20.2. The molecule has 0 bridgehead atoms. The third kappa shape index (κ3) is 4.33. The maximum absolute atomic E-state index is 13.0. The lowest BCUT2D eigenvalue weighted by Gasteiger charge is -2.25. The van der Waals surface area contributed by atoms with Gasteiger partial charge in [0.15, 0.2) is 0 Å². The lowest BCUT2D eigenvalue weighted by Crippen LogP contribution is -2.37. The smallest absolute Gasteiger partial charge is 0.370 e. The van der Waals surface area contributed by atoms with Crippen LogP contribution in [-0.4, -0.2) is 56.9 Å². The largest absolute Gasteiger partial charge is 0.416 e. The zero-order valence-corrected chi connectivity index (χ0v) is 17.3. The van der Waals surface area contributed by atoms with E-state index >= 15 is 0 Å². The number of alkyl halides is 3. The summed E-state index contributed by atoms with van der Waals surface area (Å²) >= 11 is 0. The third-order valence-electron chi connectivity index (χ3n) is 5.73. The second-order valence-electron chi connectivity index (χ2n) is 7.68. The summed E-state index contributed by atoms with van der Waals surface area (Å²) in [5.41, 5.74) is 0.758. The van der Waals surface area contributed by atoms with Gasteiger partial charge < -0.3 is 9.80 Å². The summed E-state index contributed by atoms with van der Waals surface area (Å²) in [7, 11) is -3.44. The van der Waals surface area contributed by atoms with Crippen molar-refractivity contribution in [2.75, 3.05) is 44.2 Å². The van der Waals surface area contributed by atoms with Crippen LogP contribution in [0.15, 0.2) is 53.4 Å². The van der Waals surface area contributed by atoms with Crippen LogP contribution in [0.25, 0.3) is 0 Å². The molecule has 0 amide bonds. The minimum Gasteiger partial charge on any atom is -0.370 e. The van der Waals surface area contributed by atoms with Gasteiger partial charge in [-0.15, -0.1) is 0 Å². The van der Waals surface area contributed by atoms with Crippen molar-refractivity contribution in [3.05, 3.63) is 59.7 Å². The van der Waals surface area contributed by atoms with Crippen LogP contribution in [0.3, 0.4) is 0 Å². The molecule has 30 heavy (non-hydrogen) atoms. The molecule has 2 aromatic carbocycles. The van der Waals surface area contributed by atoms with Crippen LogP contribution >= 0.6 is 0 Å². The fourth-order valence-electron chi connectivity index (χ4n) is 4.08. The van der Waals surface area contributed by atoms with E-state index in [1.807, 2.05) is 17.0 Å². The van der Waals surface area contributed by atoms with Gasteiger partial charge in [-0.25, -0.2) is 8.42 Å². The van der Waals surface area contributed by atoms with Crippen LogP contribution < -0.4 is 4.90 Å². The second-order valence-corrected chi connectivity index (χ2v) is 9.58. The number of benzene rings is 2. The molecule has 162 valence electrons. The first-order valence-electron chi connectivity index (χ1n) is 9.98. The van der Waals surface area contributed by atoms with Gasteiger partial charge in [-0.05, 0) is 42.8 Å². The number of anilines is 1. The van der Waals surface area contributed by atoms with Gasteiger partial charge in [0.1, 0.15) is 0 Å². The fraction of sp³-hybridized carbons (Fsp3) is 0.429. The highest BCUT2D eigenvalue weighted by molar-refractivity contribution is 7.89. The number of halogens is 3. The van der Waals surface area contributed by atoms with E-state index in [0.717, 1.165) is 24.6 Å². The number of sulfonamides is 1. The van der Waals surface area contributed by atoms with Crippen molar-refractivity contribution >= 4 is 15.7 Å². The molecule has 0 spiro atoms. The molecule has 0 N–H and O–H groups in total. The van der Waals surface area contributed by atoms with E-state index < -0.39 is 21.8 Å². The lowest BCUT2D eigenvalue weighted by molar-refractivity contribution is -0.137. The maximum Gasteiger partial charge on any atom is 0.416 e. The molecule has 2 heterocycles. The fourth-order valence-corrected chi connectivity index (χ4v) is 5.71. The zero-order chi connectivity index (χ0) is 21.4. The molecule has 0 unspecified atom stereocenters. The van der Waals surface area contributed by atoms with Crippen molar-refractivity contribution in [2.45, 2.75) is 24.0 Å². The topological polar surface area (TPSA) is 43.9 Å². The van der Waals surface area contributed by atoms with Gasteiger partial charge >= 0.3 is 6.18 Å². The Labute approximate surface area is 174 Å². The summed E-state index contributed by atoms with van der Waals surface area (Å²) in [6.45, 7) is 4.14. The van der Waals surface area contributed by atoms with Gasteiger partial charge in [0.25, 0.3) is 0 Å². The van der Waals surface area contributed by atoms with Crippen molar-refractivity contribution in [1.82, 2.24) is 9.21 Å². The molecule has 4 rings (SSSR count). The molecule has 5 nitrogen and oxygen atoms in total. The summed E-state index contributed by atoms with van der Waals surface area (Å²) in [5, 5.41) is 0. The molecule has 0 saturated carbocycles. The molecule has 0 aliphatic carbocycles. The van der Waals surface area contributed by atoms with E-state index in [9.17, 15) is 21.6 Å². The molecule has 9 heteroatoms. The predicted molar refractivity (Wildman–Crippen MR) is 109 cm³/mol. The van der Waals surface area contributed by atoms with E-state index in [4.69, 9.17) is 0 Å². The van der Waals surface area contributed by atoms with Crippen LogP contribution in [0, 0.1) is 0 Å². The quantitative estimate of drug-likeness (QED) is 0.732. The molecule has 0 aromatic heterocycles. The first-order valence-corrected chi connectivity index (χ1v) is 11.4. The summed E-state index contributed by atoms with van der Waals surface area (Å²) in [5.74, 6) is 0. The monoisotopic (exact) mass is 439 g/mol. The number of hydrogen-bond donors (Lipinski definition) is 0. The highest BCUT2D eigenvalue weighted by Crippen LogP contribution is 2.32. The van der Waals surface area contributed by atoms with Crippen LogP contribution in [0.5, 0.6) is 0 Å². The average molecular weight is 440 g/mol. The molecular formula is C21H24F3N3O2S. The SMILES string of the molecule is O=S1(=O)c2ccccc2CN1CCN1CCCN(c2cccc(C(F)(F)F)c2)CC1. The Hall–Kier alpha value is -2.10. The van der Waals surface area contributed by atoms with Crippen molar-refractivity contribution in [1.29, 1.82) is 0 Å². The number of nitrogens with zero attached hydrogens (tertiary/aromatic N) is 3. The van der Waals surface area contributed by atoms with E-state index in [2.05, 4.69) is 4.90 Å². The van der Waals surface area contributed by atoms with Gasteiger partial charge in [-0.3, -0.25) is 0 Å². The highest BCUT2D eigenvalue weighted by Gasteiger charge is 2.34. The van der Waals surface area contributed by atoms with Crippen molar-refractivity contribution in [3.8, 4) is 0 Å². The zero-order valence-electron chi connectivity index (χ0n) is 16.5. The van der Waals surface area contributed by atoms with Crippen molar-refractivity contribution < 1.29 is 21.6 Å². The summed E-state index contributed by atoms with van der Waals surface area (Å²) < 4.78 is 65.9. The van der Waals surface area contributed by atoms with E-state index in [1.54, 1.807) is 18.2 Å². The van der Waals surface area contributed by atoms with Gasteiger partial charge in [-0.2, -0.15) is 17.5 Å². The van der Waals surface area contributed by atoms with Crippen LogP contribution in [0.1, 0.15) is 17.5 Å². The molecule has 2 aliphatic rings. The summed E-state index contributed by atoms with van der Waals surface area (Å²) in [6.07, 6.45) is -3.55. The number of hydrogen-bond acceptors (Lipinski definition) is 4. The molecule has 1 saturated heterocycles. The van der Waals surface area contributed by atoms with Crippen molar-refractivity contribution in [3.63, 3.8) is 0 Å². The van der Waals surface area contributed by atoms with Crippen LogP contribution in [-0.2, 0) is 22.7 Å².